The predicted octanol–water partition coefficient (Wildman–Crippen LogP) is 2.32. The highest BCUT2D eigenvalue weighted by molar-refractivity contribution is 6.33. The molecule has 1 saturated carbocycles. The lowest BCUT2D eigenvalue weighted by Crippen LogP contribution is -2.33. The Bertz CT molecular complexity index is 475. The number of aliphatic carboxylic acids is 1. The van der Waals surface area contributed by atoms with E-state index in [9.17, 15) is 9.59 Å². The van der Waals surface area contributed by atoms with Crippen LogP contribution in [0.5, 0.6) is 0 Å². The molecule has 0 saturated heterocycles. The fourth-order valence-corrected chi connectivity index (χ4v) is 2.47. The fraction of sp³-hybridized carbons (Fsp3) is 0.385. The molecule has 0 spiro atoms. The minimum Gasteiger partial charge on any atom is -0.481 e. The number of nitrogens with one attached hydrogen (secondary N) is 1. The summed E-state index contributed by atoms with van der Waals surface area (Å²) < 4.78 is 0. The molecule has 2 unspecified atom stereocenters. The molecular weight excluding hydrogens is 254 g/mol. The number of hydrogen-bond donors (Lipinski definition) is 2. The van der Waals surface area contributed by atoms with Crippen LogP contribution in [0.2, 0.25) is 5.02 Å². The maximum Gasteiger partial charge on any atom is 0.306 e. The van der Waals surface area contributed by atoms with E-state index in [1.807, 2.05) is 0 Å². The molecule has 96 valence electrons. The number of rotatable bonds is 3. The van der Waals surface area contributed by atoms with Gasteiger partial charge in [-0.25, -0.2) is 0 Å². The Hall–Kier alpha value is -1.55. The molecule has 2 N–H and O–H groups in total. The van der Waals surface area contributed by atoms with Crippen molar-refractivity contribution in [1.82, 2.24) is 5.32 Å². The predicted molar refractivity (Wildman–Crippen MR) is 67.7 cm³/mol. The van der Waals surface area contributed by atoms with Crippen molar-refractivity contribution in [2.24, 2.45) is 5.92 Å². The van der Waals surface area contributed by atoms with Gasteiger partial charge in [0.1, 0.15) is 0 Å². The Labute approximate surface area is 110 Å². The van der Waals surface area contributed by atoms with Gasteiger partial charge in [-0.1, -0.05) is 23.7 Å². The lowest BCUT2D eigenvalue weighted by atomic mass is 10.1. The third-order valence-electron chi connectivity index (χ3n) is 3.24. The van der Waals surface area contributed by atoms with E-state index < -0.39 is 5.97 Å². The van der Waals surface area contributed by atoms with Gasteiger partial charge in [0, 0.05) is 6.04 Å². The van der Waals surface area contributed by atoms with Crippen LogP contribution in [0.4, 0.5) is 0 Å². The third-order valence-corrected chi connectivity index (χ3v) is 3.57. The summed E-state index contributed by atoms with van der Waals surface area (Å²) in [4.78, 5) is 22.8. The van der Waals surface area contributed by atoms with Crippen LogP contribution >= 0.6 is 11.6 Å². The Morgan fingerprint density at radius 2 is 2.00 bits per heavy atom. The van der Waals surface area contributed by atoms with Crippen molar-refractivity contribution in [2.75, 3.05) is 0 Å². The number of carboxylic acids is 1. The second-order valence-corrected chi connectivity index (χ2v) is 4.91. The standard InChI is InChI=1S/C13H14ClNO3/c14-11-4-2-1-3-10(11)12(16)15-9-6-5-8(7-9)13(17)18/h1-4,8-9H,5-7H2,(H,15,16)(H,17,18). The first-order valence-corrected chi connectivity index (χ1v) is 6.24. The zero-order valence-electron chi connectivity index (χ0n) is 9.73. The zero-order chi connectivity index (χ0) is 13.1. The van der Waals surface area contributed by atoms with Crippen molar-refractivity contribution in [2.45, 2.75) is 25.3 Å². The van der Waals surface area contributed by atoms with Crippen molar-refractivity contribution >= 4 is 23.5 Å². The average Bonchev–Trinajstić information content (AvgIpc) is 2.78. The molecule has 0 aromatic heterocycles. The molecule has 0 radical (unpaired) electrons. The third kappa shape index (κ3) is 2.82. The zero-order valence-corrected chi connectivity index (χ0v) is 10.5. The fourth-order valence-electron chi connectivity index (χ4n) is 2.25. The quantitative estimate of drug-likeness (QED) is 0.883. The highest BCUT2D eigenvalue weighted by Gasteiger charge is 2.30. The summed E-state index contributed by atoms with van der Waals surface area (Å²) in [6.45, 7) is 0. The van der Waals surface area contributed by atoms with Gasteiger partial charge in [0.05, 0.1) is 16.5 Å². The summed E-state index contributed by atoms with van der Waals surface area (Å²) in [5.41, 5.74) is 0.429. The molecule has 4 nitrogen and oxygen atoms in total. The number of hydrogen-bond acceptors (Lipinski definition) is 2. The second-order valence-electron chi connectivity index (χ2n) is 4.50. The van der Waals surface area contributed by atoms with Crippen LogP contribution in [-0.2, 0) is 4.79 Å². The Kier molecular flexibility index (Phi) is 3.87. The summed E-state index contributed by atoms with van der Waals surface area (Å²) >= 11 is 5.93. The molecule has 5 heteroatoms. The van der Waals surface area contributed by atoms with E-state index in [-0.39, 0.29) is 17.9 Å². The molecule has 1 aliphatic rings. The first kappa shape index (κ1) is 12.9. The van der Waals surface area contributed by atoms with Gasteiger partial charge in [0.15, 0.2) is 0 Å². The van der Waals surface area contributed by atoms with E-state index in [0.29, 0.717) is 29.8 Å². The number of carbonyl (C=O) groups excluding carboxylic acids is 1. The molecule has 2 rings (SSSR count). The Morgan fingerprint density at radius 3 is 2.61 bits per heavy atom. The number of halogens is 1. The van der Waals surface area contributed by atoms with Crippen molar-refractivity contribution in [3.8, 4) is 0 Å². The van der Waals surface area contributed by atoms with Gasteiger partial charge in [0.2, 0.25) is 0 Å². The maximum atomic E-state index is 12.0. The van der Waals surface area contributed by atoms with Gasteiger partial charge in [-0.15, -0.1) is 0 Å². The van der Waals surface area contributed by atoms with Crippen LogP contribution in [0.15, 0.2) is 24.3 Å². The summed E-state index contributed by atoms with van der Waals surface area (Å²) in [6.07, 6.45) is 1.81. The number of carbonyl (C=O) groups is 2. The summed E-state index contributed by atoms with van der Waals surface area (Å²) in [6, 6.07) is 6.74. The molecule has 0 heterocycles. The smallest absolute Gasteiger partial charge is 0.306 e. The van der Waals surface area contributed by atoms with Crippen LogP contribution in [0.3, 0.4) is 0 Å². The first-order chi connectivity index (χ1) is 8.58. The van der Waals surface area contributed by atoms with E-state index in [4.69, 9.17) is 16.7 Å². The average molecular weight is 268 g/mol. The van der Waals surface area contributed by atoms with Gasteiger partial charge < -0.3 is 10.4 Å². The monoisotopic (exact) mass is 267 g/mol. The van der Waals surface area contributed by atoms with E-state index in [0.717, 1.165) is 0 Å². The van der Waals surface area contributed by atoms with Crippen LogP contribution < -0.4 is 5.32 Å². The SMILES string of the molecule is O=C(NC1CCC(C(=O)O)C1)c1ccccc1Cl. The highest BCUT2D eigenvalue weighted by Crippen LogP contribution is 2.26. The number of carboxylic acid groups (broad SMARTS) is 1. The van der Waals surface area contributed by atoms with Crippen LogP contribution in [0.25, 0.3) is 0 Å². The lowest BCUT2D eigenvalue weighted by molar-refractivity contribution is -0.141. The van der Waals surface area contributed by atoms with Crippen molar-refractivity contribution in [3.63, 3.8) is 0 Å². The molecule has 1 amide bonds. The maximum absolute atomic E-state index is 12.0. The number of amides is 1. The summed E-state index contributed by atoms with van der Waals surface area (Å²) in [7, 11) is 0. The minimum atomic E-state index is -0.788. The Balaban J connectivity index is 1.97. The van der Waals surface area contributed by atoms with E-state index in [1.165, 1.54) is 0 Å². The topological polar surface area (TPSA) is 66.4 Å². The van der Waals surface area contributed by atoms with E-state index >= 15 is 0 Å². The van der Waals surface area contributed by atoms with Gasteiger partial charge in [0.25, 0.3) is 5.91 Å². The molecule has 1 aliphatic carbocycles. The van der Waals surface area contributed by atoms with Gasteiger partial charge in [-0.2, -0.15) is 0 Å². The van der Waals surface area contributed by atoms with Gasteiger partial charge in [-0.05, 0) is 31.4 Å². The molecular formula is C13H14ClNO3. The first-order valence-electron chi connectivity index (χ1n) is 5.86. The van der Waals surface area contributed by atoms with Gasteiger partial charge >= 0.3 is 5.97 Å². The van der Waals surface area contributed by atoms with Crippen molar-refractivity contribution < 1.29 is 14.7 Å². The molecule has 1 aromatic rings. The molecule has 2 atom stereocenters. The van der Waals surface area contributed by atoms with E-state index in [2.05, 4.69) is 5.32 Å². The van der Waals surface area contributed by atoms with Crippen molar-refractivity contribution in [3.05, 3.63) is 34.9 Å². The molecule has 0 aliphatic heterocycles. The molecule has 1 fully saturated rings. The minimum absolute atomic E-state index is 0.0742. The summed E-state index contributed by atoms with van der Waals surface area (Å²) in [5.74, 6) is -1.37. The lowest BCUT2D eigenvalue weighted by Gasteiger charge is -2.13. The summed E-state index contributed by atoms with van der Waals surface area (Å²) in [5, 5.41) is 12.1. The normalized spacial score (nSPS) is 22.7. The van der Waals surface area contributed by atoms with E-state index in [1.54, 1.807) is 24.3 Å². The number of benzene rings is 1. The van der Waals surface area contributed by atoms with Crippen LogP contribution in [0, 0.1) is 5.92 Å². The van der Waals surface area contributed by atoms with Crippen molar-refractivity contribution in [1.29, 1.82) is 0 Å². The second kappa shape index (κ2) is 5.40. The molecule has 18 heavy (non-hydrogen) atoms. The molecule has 1 aromatic carbocycles. The van der Waals surface area contributed by atoms with Gasteiger partial charge in [-0.3, -0.25) is 9.59 Å². The van der Waals surface area contributed by atoms with Crippen LogP contribution in [-0.4, -0.2) is 23.0 Å². The Morgan fingerprint density at radius 1 is 1.28 bits per heavy atom. The van der Waals surface area contributed by atoms with Crippen LogP contribution in [0.1, 0.15) is 29.6 Å². The largest absolute Gasteiger partial charge is 0.481 e. The molecule has 0 bridgehead atoms. The highest BCUT2D eigenvalue weighted by atomic mass is 35.5.